The number of nitrogens with zero attached hydrogens (tertiary/aromatic N) is 2. The van der Waals surface area contributed by atoms with Gasteiger partial charge in [-0.1, -0.05) is 24.3 Å². The van der Waals surface area contributed by atoms with Gasteiger partial charge in [0.1, 0.15) is 0 Å². The second-order valence-corrected chi connectivity index (χ2v) is 4.73. The summed E-state index contributed by atoms with van der Waals surface area (Å²) in [7, 11) is 0. The lowest BCUT2D eigenvalue weighted by molar-refractivity contribution is 0.0975. The summed E-state index contributed by atoms with van der Waals surface area (Å²) in [6.45, 7) is 0. The highest BCUT2D eigenvalue weighted by atomic mass is 32.2. The number of rotatable bonds is 4. The molecule has 0 radical (unpaired) electrons. The van der Waals surface area contributed by atoms with Crippen LogP contribution in [0.5, 0.6) is 0 Å². The maximum atomic E-state index is 12.5. The van der Waals surface area contributed by atoms with Crippen molar-refractivity contribution in [3.63, 3.8) is 0 Å². The molecule has 1 heterocycles. The molecule has 0 saturated carbocycles. The highest BCUT2D eigenvalue weighted by molar-refractivity contribution is 7.98. The zero-order chi connectivity index (χ0) is 13.7. The van der Waals surface area contributed by atoms with Crippen LogP contribution >= 0.6 is 11.8 Å². The summed E-state index contributed by atoms with van der Waals surface area (Å²) in [6, 6.07) is 14.6. The molecule has 1 unspecified atom stereocenters. The van der Waals surface area contributed by atoms with Gasteiger partial charge < -0.3 is 0 Å². The lowest BCUT2D eigenvalue weighted by Crippen LogP contribution is -2.13. The molecule has 2 rings (SSSR count). The molecule has 0 fully saturated rings. The second-order valence-electron chi connectivity index (χ2n) is 3.88. The number of aromatic nitrogens is 1. The van der Waals surface area contributed by atoms with Gasteiger partial charge in [-0.05, 0) is 24.5 Å². The quantitative estimate of drug-likeness (QED) is 0.630. The van der Waals surface area contributed by atoms with Crippen LogP contribution < -0.4 is 0 Å². The van der Waals surface area contributed by atoms with Crippen molar-refractivity contribution in [1.82, 2.24) is 4.98 Å². The summed E-state index contributed by atoms with van der Waals surface area (Å²) in [5.74, 6) is -1.05. The molecule has 2 aromatic rings. The fourth-order valence-corrected chi connectivity index (χ4v) is 2.41. The van der Waals surface area contributed by atoms with E-state index in [0.29, 0.717) is 11.3 Å². The largest absolute Gasteiger partial charge is 0.292 e. The van der Waals surface area contributed by atoms with Crippen LogP contribution in [0.2, 0.25) is 0 Å². The van der Waals surface area contributed by atoms with E-state index in [0.717, 1.165) is 4.90 Å². The fourth-order valence-electron chi connectivity index (χ4n) is 1.81. The fraction of sp³-hybridized carbons (Fsp3) is 0.133. The molecular formula is C15H12N2OS. The number of hydrogen-bond donors (Lipinski definition) is 0. The van der Waals surface area contributed by atoms with E-state index in [1.807, 2.05) is 24.5 Å². The first-order valence-corrected chi connectivity index (χ1v) is 6.98. The Labute approximate surface area is 116 Å². The van der Waals surface area contributed by atoms with Crippen molar-refractivity contribution >= 4 is 17.5 Å². The lowest BCUT2D eigenvalue weighted by atomic mass is 9.95. The summed E-state index contributed by atoms with van der Waals surface area (Å²) in [4.78, 5) is 17.5. The Balaban J connectivity index is 2.40. The Bertz CT molecular complexity index is 620. The standard InChI is InChI=1S/C15H12N2OS/c1-19-14-8-3-2-6-11(14)15(18)12(10-16)13-7-4-5-9-17-13/h2-9,12H,1H3. The van der Waals surface area contributed by atoms with Crippen molar-refractivity contribution < 1.29 is 4.79 Å². The second kappa shape index (κ2) is 6.17. The van der Waals surface area contributed by atoms with Gasteiger partial charge in [-0.15, -0.1) is 11.8 Å². The highest BCUT2D eigenvalue weighted by Gasteiger charge is 2.24. The average molecular weight is 268 g/mol. The molecule has 0 aliphatic rings. The zero-order valence-electron chi connectivity index (χ0n) is 10.4. The zero-order valence-corrected chi connectivity index (χ0v) is 11.2. The Morgan fingerprint density at radius 2 is 2.00 bits per heavy atom. The average Bonchev–Trinajstić information content (AvgIpc) is 2.49. The third kappa shape index (κ3) is 2.83. The molecule has 19 heavy (non-hydrogen) atoms. The number of thioether (sulfide) groups is 1. The summed E-state index contributed by atoms with van der Waals surface area (Å²) >= 11 is 1.50. The van der Waals surface area contributed by atoms with Gasteiger partial charge in [-0.3, -0.25) is 9.78 Å². The summed E-state index contributed by atoms with van der Waals surface area (Å²) in [6.07, 6.45) is 3.50. The van der Waals surface area contributed by atoms with Crippen molar-refractivity contribution in [3.8, 4) is 6.07 Å². The van der Waals surface area contributed by atoms with Crippen LogP contribution in [0.4, 0.5) is 0 Å². The minimum atomic E-state index is -0.852. The lowest BCUT2D eigenvalue weighted by Gasteiger charge is -2.10. The monoisotopic (exact) mass is 268 g/mol. The molecule has 1 atom stereocenters. The Morgan fingerprint density at radius 3 is 2.63 bits per heavy atom. The molecule has 94 valence electrons. The van der Waals surface area contributed by atoms with Gasteiger partial charge in [0.2, 0.25) is 0 Å². The van der Waals surface area contributed by atoms with E-state index < -0.39 is 5.92 Å². The number of pyridine rings is 1. The van der Waals surface area contributed by atoms with Crippen LogP contribution in [-0.2, 0) is 0 Å². The number of nitriles is 1. The van der Waals surface area contributed by atoms with Gasteiger partial charge in [0.15, 0.2) is 11.7 Å². The van der Waals surface area contributed by atoms with Gasteiger partial charge in [-0.25, -0.2) is 0 Å². The Hall–Kier alpha value is -2.12. The van der Waals surface area contributed by atoms with E-state index in [-0.39, 0.29) is 5.78 Å². The van der Waals surface area contributed by atoms with Crippen LogP contribution in [0, 0.1) is 11.3 Å². The van der Waals surface area contributed by atoms with E-state index in [4.69, 9.17) is 0 Å². The number of Topliss-reactive ketones (excluding diaryl/α,β-unsaturated/α-hetero) is 1. The van der Waals surface area contributed by atoms with Crippen molar-refractivity contribution in [2.75, 3.05) is 6.26 Å². The van der Waals surface area contributed by atoms with Crippen LogP contribution in [0.1, 0.15) is 22.0 Å². The molecule has 0 N–H and O–H groups in total. The number of benzene rings is 1. The maximum absolute atomic E-state index is 12.5. The number of hydrogen-bond acceptors (Lipinski definition) is 4. The number of carbonyl (C=O) groups excluding carboxylic acids is 1. The topological polar surface area (TPSA) is 53.8 Å². The first-order valence-electron chi connectivity index (χ1n) is 5.75. The Kier molecular flexibility index (Phi) is 4.32. The van der Waals surface area contributed by atoms with Gasteiger partial charge in [0, 0.05) is 16.7 Å². The van der Waals surface area contributed by atoms with Gasteiger partial charge >= 0.3 is 0 Å². The van der Waals surface area contributed by atoms with Crippen molar-refractivity contribution in [3.05, 3.63) is 59.9 Å². The van der Waals surface area contributed by atoms with Crippen molar-refractivity contribution in [2.45, 2.75) is 10.8 Å². The van der Waals surface area contributed by atoms with Crippen LogP contribution in [-0.4, -0.2) is 17.0 Å². The molecule has 0 saturated heterocycles. The minimum absolute atomic E-state index is 0.203. The third-order valence-corrected chi connectivity index (χ3v) is 3.54. The first kappa shape index (κ1) is 13.3. The third-order valence-electron chi connectivity index (χ3n) is 2.75. The molecule has 3 nitrogen and oxygen atoms in total. The van der Waals surface area contributed by atoms with E-state index in [2.05, 4.69) is 4.98 Å². The van der Waals surface area contributed by atoms with Gasteiger partial charge in [0.05, 0.1) is 11.8 Å². The van der Waals surface area contributed by atoms with Gasteiger partial charge in [-0.2, -0.15) is 5.26 Å². The molecule has 0 spiro atoms. The van der Waals surface area contributed by atoms with E-state index >= 15 is 0 Å². The van der Waals surface area contributed by atoms with Crippen LogP contribution in [0.25, 0.3) is 0 Å². The molecule has 0 aliphatic heterocycles. The minimum Gasteiger partial charge on any atom is -0.292 e. The molecule has 0 amide bonds. The normalized spacial score (nSPS) is 11.6. The number of carbonyl (C=O) groups is 1. The molecule has 1 aromatic carbocycles. The van der Waals surface area contributed by atoms with E-state index in [1.165, 1.54) is 11.8 Å². The first-order chi connectivity index (χ1) is 9.27. The van der Waals surface area contributed by atoms with Crippen LogP contribution in [0.3, 0.4) is 0 Å². The van der Waals surface area contributed by atoms with Crippen molar-refractivity contribution in [2.24, 2.45) is 0 Å². The van der Waals surface area contributed by atoms with Gasteiger partial charge in [0.25, 0.3) is 0 Å². The summed E-state index contributed by atoms with van der Waals surface area (Å²) in [5, 5.41) is 9.26. The predicted molar refractivity (Wildman–Crippen MR) is 75.1 cm³/mol. The summed E-state index contributed by atoms with van der Waals surface area (Å²) < 4.78 is 0. The SMILES string of the molecule is CSc1ccccc1C(=O)C(C#N)c1ccccn1. The molecule has 0 bridgehead atoms. The Morgan fingerprint density at radius 1 is 1.26 bits per heavy atom. The van der Waals surface area contributed by atoms with E-state index in [1.54, 1.807) is 36.5 Å². The van der Waals surface area contributed by atoms with Crippen LogP contribution in [0.15, 0.2) is 53.6 Å². The maximum Gasteiger partial charge on any atom is 0.187 e. The van der Waals surface area contributed by atoms with Crippen molar-refractivity contribution in [1.29, 1.82) is 5.26 Å². The molecule has 4 heteroatoms. The predicted octanol–water partition coefficient (Wildman–Crippen LogP) is 3.29. The molecule has 0 aliphatic carbocycles. The number of ketones is 1. The van der Waals surface area contributed by atoms with E-state index in [9.17, 15) is 10.1 Å². The molecule has 1 aromatic heterocycles. The summed E-state index contributed by atoms with van der Waals surface area (Å²) in [5.41, 5.74) is 1.07. The smallest absolute Gasteiger partial charge is 0.187 e. The highest BCUT2D eigenvalue weighted by Crippen LogP contribution is 2.25. The molecular weight excluding hydrogens is 256 g/mol.